The van der Waals surface area contributed by atoms with E-state index in [1.165, 1.54) is 12.1 Å². The van der Waals surface area contributed by atoms with E-state index in [9.17, 15) is 14.0 Å². The van der Waals surface area contributed by atoms with Gasteiger partial charge in [-0.3, -0.25) is 19.3 Å². The number of hydrogen-bond acceptors (Lipinski definition) is 5. The van der Waals surface area contributed by atoms with Crippen LogP contribution in [-0.2, 0) is 13.1 Å². The van der Waals surface area contributed by atoms with Gasteiger partial charge in [0.2, 0.25) is 0 Å². The SMILES string of the molecule is CCCn1ccc(C(=O)N2CCCN(CC(C)C)CCCN(C(=O)c3cccnc3)c3ccc(F)cc3C2)n1. The summed E-state index contributed by atoms with van der Waals surface area (Å²) in [6, 6.07) is 9.67. The molecule has 9 heteroatoms. The molecule has 208 valence electrons. The zero-order valence-electron chi connectivity index (χ0n) is 23.2. The van der Waals surface area contributed by atoms with E-state index >= 15 is 0 Å². The van der Waals surface area contributed by atoms with Crippen molar-refractivity contribution in [3.05, 3.63) is 77.6 Å². The maximum atomic E-state index is 14.6. The summed E-state index contributed by atoms with van der Waals surface area (Å²) >= 11 is 0. The minimum absolute atomic E-state index is 0.174. The van der Waals surface area contributed by atoms with Crippen LogP contribution in [0.25, 0.3) is 0 Å². The number of nitrogens with zero attached hydrogens (tertiary/aromatic N) is 6. The predicted molar refractivity (Wildman–Crippen MR) is 150 cm³/mol. The quantitative estimate of drug-likeness (QED) is 0.451. The molecule has 2 amide bonds. The van der Waals surface area contributed by atoms with E-state index in [4.69, 9.17) is 0 Å². The minimum Gasteiger partial charge on any atom is -0.333 e. The first kappa shape index (κ1) is 28.4. The van der Waals surface area contributed by atoms with Crippen molar-refractivity contribution in [2.45, 2.75) is 53.1 Å². The lowest BCUT2D eigenvalue weighted by Gasteiger charge is -2.32. The van der Waals surface area contributed by atoms with Gasteiger partial charge in [-0.1, -0.05) is 20.8 Å². The molecule has 0 N–H and O–H groups in total. The summed E-state index contributed by atoms with van der Waals surface area (Å²) in [5, 5.41) is 4.48. The Labute approximate surface area is 230 Å². The van der Waals surface area contributed by atoms with E-state index in [0.717, 1.165) is 45.4 Å². The molecule has 1 aliphatic rings. The molecule has 0 unspecified atom stereocenters. The van der Waals surface area contributed by atoms with Crippen LogP contribution in [0.15, 0.2) is 55.0 Å². The molecule has 4 rings (SSSR count). The Morgan fingerprint density at radius 2 is 1.82 bits per heavy atom. The normalized spacial score (nSPS) is 15.5. The van der Waals surface area contributed by atoms with Gasteiger partial charge in [0.05, 0.1) is 5.56 Å². The summed E-state index contributed by atoms with van der Waals surface area (Å²) in [7, 11) is 0. The lowest BCUT2D eigenvalue weighted by molar-refractivity contribution is 0.0726. The number of amides is 2. The van der Waals surface area contributed by atoms with Crippen LogP contribution in [0.2, 0.25) is 0 Å². The van der Waals surface area contributed by atoms with E-state index < -0.39 is 5.82 Å². The Balaban J connectivity index is 1.72. The Morgan fingerprint density at radius 1 is 1.03 bits per heavy atom. The van der Waals surface area contributed by atoms with Crippen LogP contribution >= 0.6 is 0 Å². The van der Waals surface area contributed by atoms with Gasteiger partial charge < -0.3 is 14.7 Å². The zero-order chi connectivity index (χ0) is 27.8. The molecule has 0 saturated heterocycles. The van der Waals surface area contributed by atoms with E-state index in [1.54, 1.807) is 51.1 Å². The van der Waals surface area contributed by atoms with Gasteiger partial charge >= 0.3 is 0 Å². The molecule has 0 atom stereocenters. The largest absolute Gasteiger partial charge is 0.333 e. The molecule has 3 aromatic rings. The molecule has 2 aromatic heterocycles. The van der Waals surface area contributed by atoms with Crippen molar-refractivity contribution in [2.75, 3.05) is 37.6 Å². The second-order valence-corrected chi connectivity index (χ2v) is 10.6. The zero-order valence-corrected chi connectivity index (χ0v) is 23.2. The molecule has 1 aromatic carbocycles. The van der Waals surface area contributed by atoms with Gasteiger partial charge in [-0.15, -0.1) is 0 Å². The smallest absolute Gasteiger partial charge is 0.274 e. The Bertz CT molecular complexity index is 1250. The monoisotopic (exact) mass is 534 g/mol. The van der Waals surface area contributed by atoms with Crippen molar-refractivity contribution in [3.63, 3.8) is 0 Å². The maximum Gasteiger partial charge on any atom is 0.274 e. The van der Waals surface area contributed by atoms with Gasteiger partial charge in [0.25, 0.3) is 11.8 Å². The molecule has 0 fully saturated rings. The molecule has 0 saturated carbocycles. The van der Waals surface area contributed by atoms with Gasteiger partial charge in [0, 0.05) is 57.0 Å². The summed E-state index contributed by atoms with van der Waals surface area (Å²) in [4.78, 5) is 37.4. The fourth-order valence-electron chi connectivity index (χ4n) is 5.12. The third kappa shape index (κ3) is 7.50. The van der Waals surface area contributed by atoms with Crippen molar-refractivity contribution in [1.29, 1.82) is 0 Å². The van der Waals surface area contributed by atoms with Crippen LogP contribution in [0.1, 0.15) is 66.4 Å². The molecular weight excluding hydrogens is 495 g/mol. The van der Waals surface area contributed by atoms with Crippen LogP contribution in [0.4, 0.5) is 10.1 Å². The first-order valence-electron chi connectivity index (χ1n) is 13.9. The molecule has 0 bridgehead atoms. The van der Waals surface area contributed by atoms with E-state index in [1.807, 2.05) is 6.20 Å². The number of pyridine rings is 1. The minimum atomic E-state index is -0.405. The summed E-state index contributed by atoms with van der Waals surface area (Å²) in [5.41, 5.74) is 2.04. The molecule has 0 radical (unpaired) electrons. The maximum absolute atomic E-state index is 14.6. The van der Waals surface area contributed by atoms with Crippen LogP contribution in [-0.4, -0.2) is 69.1 Å². The highest BCUT2D eigenvalue weighted by atomic mass is 19.1. The van der Waals surface area contributed by atoms with Gasteiger partial charge in [-0.2, -0.15) is 5.10 Å². The highest BCUT2D eigenvalue weighted by molar-refractivity contribution is 6.06. The van der Waals surface area contributed by atoms with Crippen molar-refractivity contribution in [3.8, 4) is 0 Å². The molecule has 0 spiro atoms. The van der Waals surface area contributed by atoms with Crippen molar-refractivity contribution in [1.82, 2.24) is 24.6 Å². The molecule has 0 aliphatic carbocycles. The average molecular weight is 535 g/mol. The molecule has 39 heavy (non-hydrogen) atoms. The van der Waals surface area contributed by atoms with Crippen molar-refractivity contribution in [2.24, 2.45) is 5.92 Å². The number of hydrogen-bond donors (Lipinski definition) is 0. The summed E-state index contributed by atoms with van der Waals surface area (Å²) in [6.07, 6.45) is 7.47. The van der Waals surface area contributed by atoms with E-state index in [0.29, 0.717) is 41.5 Å². The van der Waals surface area contributed by atoms with E-state index in [2.05, 4.69) is 35.8 Å². The number of fused-ring (bicyclic) bond motifs is 1. The number of carbonyl (C=O) groups excluding carboxylic acids is 2. The number of halogens is 1. The van der Waals surface area contributed by atoms with Gasteiger partial charge in [-0.25, -0.2) is 4.39 Å². The van der Waals surface area contributed by atoms with Crippen molar-refractivity contribution < 1.29 is 14.0 Å². The predicted octanol–water partition coefficient (Wildman–Crippen LogP) is 4.87. The number of aryl methyl sites for hydroxylation is 1. The van der Waals surface area contributed by atoms with Crippen LogP contribution in [0, 0.1) is 11.7 Å². The highest BCUT2D eigenvalue weighted by Crippen LogP contribution is 2.27. The van der Waals surface area contributed by atoms with Crippen molar-refractivity contribution >= 4 is 17.5 Å². The summed E-state index contributed by atoms with van der Waals surface area (Å²) in [5.74, 6) is -0.301. The number of rotatable bonds is 6. The number of benzene rings is 1. The second-order valence-electron chi connectivity index (χ2n) is 10.6. The number of anilines is 1. The summed E-state index contributed by atoms with van der Waals surface area (Å²) < 4.78 is 16.4. The van der Waals surface area contributed by atoms with Crippen LogP contribution in [0.5, 0.6) is 0 Å². The fourth-order valence-corrected chi connectivity index (χ4v) is 5.12. The average Bonchev–Trinajstić information content (AvgIpc) is 3.38. The first-order valence-corrected chi connectivity index (χ1v) is 13.9. The summed E-state index contributed by atoms with van der Waals surface area (Å²) in [6.45, 7) is 10.9. The van der Waals surface area contributed by atoms with E-state index in [-0.39, 0.29) is 18.4 Å². The van der Waals surface area contributed by atoms with Gasteiger partial charge in [-0.05, 0) is 80.2 Å². The Hall–Kier alpha value is -3.59. The van der Waals surface area contributed by atoms with Gasteiger partial charge in [0.1, 0.15) is 11.5 Å². The molecular formula is C30H39FN6O2. The standard InChI is InChI=1S/C30H39FN6O2/c1-4-13-36-18-11-27(33-36)30(39)35-16-6-14-34(21-23(2)3)15-7-17-37(29(38)24-8-5-12-32-20-24)28-10-9-26(31)19-25(28)22-35/h5,8-12,18-20,23H,4,6-7,13-17,21-22H2,1-3H3. The molecule has 8 nitrogen and oxygen atoms in total. The number of carbonyl (C=O) groups is 2. The Kier molecular flexibility index (Phi) is 9.81. The fraction of sp³-hybridized carbons (Fsp3) is 0.467. The second kappa shape index (κ2) is 13.5. The van der Waals surface area contributed by atoms with Gasteiger partial charge in [0.15, 0.2) is 0 Å². The lowest BCUT2D eigenvalue weighted by atomic mass is 10.1. The third-order valence-electron chi connectivity index (χ3n) is 6.83. The first-order chi connectivity index (χ1) is 18.9. The van der Waals surface area contributed by atoms with Crippen LogP contribution < -0.4 is 4.90 Å². The number of aromatic nitrogens is 3. The molecule has 3 heterocycles. The molecule has 1 aliphatic heterocycles. The lowest BCUT2D eigenvalue weighted by Crippen LogP contribution is -2.40. The Morgan fingerprint density at radius 3 is 2.54 bits per heavy atom. The highest BCUT2D eigenvalue weighted by Gasteiger charge is 2.26. The van der Waals surface area contributed by atoms with Crippen LogP contribution in [0.3, 0.4) is 0 Å². The topological polar surface area (TPSA) is 74.6 Å². The third-order valence-corrected chi connectivity index (χ3v) is 6.83.